The molecule has 0 radical (unpaired) electrons. The number of hydrogen-bond acceptors (Lipinski definition) is 6. The van der Waals surface area contributed by atoms with Gasteiger partial charge in [-0.05, 0) is 18.4 Å². The normalized spacial score (nSPS) is 18.8. The van der Waals surface area contributed by atoms with Gasteiger partial charge in [0.15, 0.2) is 5.78 Å². The first-order chi connectivity index (χ1) is 12.5. The topological polar surface area (TPSA) is 138 Å². The summed E-state index contributed by atoms with van der Waals surface area (Å²) in [5.74, 6) is -0.496. The van der Waals surface area contributed by atoms with Crippen molar-refractivity contribution in [3.63, 3.8) is 0 Å². The monoisotopic (exact) mass is 354 g/mol. The summed E-state index contributed by atoms with van der Waals surface area (Å²) in [6.07, 6.45) is 1.68. The number of H-pyrrole nitrogens is 2. The molecule has 9 nitrogen and oxygen atoms in total. The molecule has 1 atom stereocenters. The fourth-order valence-electron chi connectivity index (χ4n) is 3.62. The molecule has 9 heteroatoms. The first kappa shape index (κ1) is 16.0. The van der Waals surface area contributed by atoms with Gasteiger partial charge in [0, 0.05) is 35.7 Å². The van der Waals surface area contributed by atoms with Crippen molar-refractivity contribution in [3.8, 4) is 0 Å². The molecule has 1 aromatic heterocycles. The Morgan fingerprint density at radius 1 is 1.04 bits per heavy atom. The SMILES string of the molecule is O=C1CCCC2=C1[C@@H](c1ccc([N+](=O)[O-])cc1)c1c([nH]c(=O)[nH]c1=O)N2. The summed E-state index contributed by atoms with van der Waals surface area (Å²) >= 11 is 0. The van der Waals surface area contributed by atoms with Crippen molar-refractivity contribution < 1.29 is 9.72 Å². The molecule has 1 aliphatic carbocycles. The molecule has 1 aliphatic heterocycles. The number of benzene rings is 1. The zero-order chi connectivity index (χ0) is 18.4. The van der Waals surface area contributed by atoms with Crippen LogP contribution < -0.4 is 16.6 Å². The van der Waals surface area contributed by atoms with Crippen LogP contribution in [0.1, 0.15) is 36.3 Å². The van der Waals surface area contributed by atoms with Crippen molar-refractivity contribution in [2.75, 3.05) is 5.32 Å². The number of aromatic nitrogens is 2. The van der Waals surface area contributed by atoms with Crippen LogP contribution in [0.15, 0.2) is 45.1 Å². The van der Waals surface area contributed by atoms with Gasteiger partial charge in [-0.2, -0.15) is 0 Å². The number of carbonyl (C=O) groups is 1. The number of carbonyl (C=O) groups excluding carboxylic acids is 1. The van der Waals surface area contributed by atoms with Crippen LogP contribution in [0.5, 0.6) is 0 Å². The predicted molar refractivity (Wildman–Crippen MR) is 92.1 cm³/mol. The van der Waals surface area contributed by atoms with E-state index in [4.69, 9.17) is 0 Å². The Labute approximate surface area is 145 Å². The number of fused-ring (bicyclic) bond motifs is 1. The molecule has 132 valence electrons. The Kier molecular flexibility index (Phi) is 3.57. The number of anilines is 1. The first-order valence-electron chi connectivity index (χ1n) is 8.10. The Balaban J connectivity index is 1.96. The molecular formula is C17H14N4O5. The van der Waals surface area contributed by atoms with Crippen molar-refractivity contribution >= 4 is 17.3 Å². The van der Waals surface area contributed by atoms with E-state index in [0.717, 1.165) is 0 Å². The van der Waals surface area contributed by atoms with E-state index >= 15 is 0 Å². The van der Waals surface area contributed by atoms with Crippen LogP contribution in [0.2, 0.25) is 0 Å². The smallest absolute Gasteiger partial charge is 0.327 e. The summed E-state index contributed by atoms with van der Waals surface area (Å²) < 4.78 is 0. The quantitative estimate of drug-likeness (QED) is 0.552. The number of hydrogen-bond donors (Lipinski definition) is 3. The van der Waals surface area contributed by atoms with E-state index in [2.05, 4.69) is 15.3 Å². The zero-order valence-electron chi connectivity index (χ0n) is 13.5. The van der Waals surface area contributed by atoms with Crippen LogP contribution in [0.3, 0.4) is 0 Å². The van der Waals surface area contributed by atoms with Gasteiger partial charge in [-0.15, -0.1) is 0 Å². The summed E-state index contributed by atoms with van der Waals surface area (Å²) in [6.45, 7) is 0. The highest BCUT2D eigenvalue weighted by atomic mass is 16.6. The number of ketones is 1. The van der Waals surface area contributed by atoms with E-state index in [9.17, 15) is 24.5 Å². The van der Waals surface area contributed by atoms with Crippen molar-refractivity contribution in [2.45, 2.75) is 25.2 Å². The van der Waals surface area contributed by atoms with Gasteiger partial charge in [0.2, 0.25) is 0 Å². The summed E-state index contributed by atoms with van der Waals surface area (Å²) in [4.78, 5) is 51.8. The van der Waals surface area contributed by atoms with Crippen LogP contribution in [0, 0.1) is 10.1 Å². The summed E-state index contributed by atoms with van der Waals surface area (Å²) in [6, 6.07) is 5.75. The van der Waals surface area contributed by atoms with Crippen LogP contribution in [-0.2, 0) is 4.79 Å². The molecule has 0 saturated carbocycles. The Bertz CT molecular complexity index is 1080. The molecule has 0 bridgehead atoms. The van der Waals surface area contributed by atoms with Crippen molar-refractivity contribution in [1.29, 1.82) is 0 Å². The van der Waals surface area contributed by atoms with E-state index in [0.29, 0.717) is 36.1 Å². The average molecular weight is 354 g/mol. The molecule has 26 heavy (non-hydrogen) atoms. The van der Waals surface area contributed by atoms with Gasteiger partial charge in [-0.1, -0.05) is 12.1 Å². The van der Waals surface area contributed by atoms with E-state index in [1.54, 1.807) is 0 Å². The van der Waals surface area contributed by atoms with Crippen LogP contribution >= 0.6 is 0 Å². The lowest BCUT2D eigenvalue weighted by atomic mass is 9.76. The predicted octanol–water partition coefficient (Wildman–Crippen LogP) is 1.54. The molecular weight excluding hydrogens is 340 g/mol. The molecule has 2 heterocycles. The third kappa shape index (κ3) is 2.44. The van der Waals surface area contributed by atoms with E-state index < -0.39 is 22.1 Å². The molecule has 2 aliphatic rings. The van der Waals surface area contributed by atoms with Gasteiger partial charge in [0.05, 0.1) is 10.5 Å². The highest BCUT2D eigenvalue weighted by Gasteiger charge is 2.37. The van der Waals surface area contributed by atoms with Gasteiger partial charge >= 0.3 is 5.69 Å². The van der Waals surface area contributed by atoms with Gasteiger partial charge < -0.3 is 5.32 Å². The van der Waals surface area contributed by atoms with Crippen molar-refractivity contribution in [2.24, 2.45) is 0 Å². The maximum atomic E-state index is 12.6. The number of rotatable bonds is 2. The minimum atomic E-state index is -0.685. The second-order valence-corrected chi connectivity index (χ2v) is 6.27. The van der Waals surface area contributed by atoms with Gasteiger partial charge in [0.1, 0.15) is 5.82 Å². The average Bonchev–Trinajstić information content (AvgIpc) is 2.60. The molecule has 3 N–H and O–H groups in total. The zero-order valence-corrected chi connectivity index (χ0v) is 13.5. The number of Topliss-reactive ketones (excluding diaryl/α,β-unsaturated/α-hetero) is 1. The Morgan fingerprint density at radius 2 is 1.77 bits per heavy atom. The lowest BCUT2D eigenvalue weighted by molar-refractivity contribution is -0.384. The number of nitro groups is 1. The molecule has 0 amide bonds. The minimum Gasteiger partial charge on any atom is -0.344 e. The standard InChI is InChI=1S/C17H14N4O5/c22-11-3-1-2-10-13(11)12(8-4-6-9(7-5-8)21(25)26)14-15(18-10)19-17(24)20-16(14)23/h4-7,12H,1-3H2,(H3,18,19,20,23,24)/t12-/m1/s1. The molecule has 2 aromatic rings. The summed E-state index contributed by atoms with van der Waals surface area (Å²) in [5.41, 5.74) is 0.654. The van der Waals surface area contributed by atoms with Gasteiger partial charge in [-0.25, -0.2) is 4.79 Å². The first-order valence-corrected chi connectivity index (χ1v) is 8.10. The lowest BCUT2D eigenvalue weighted by Gasteiger charge is -2.32. The molecule has 1 aromatic carbocycles. The summed E-state index contributed by atoms with van der Waals surface area (Å²) in [7, 11) is 0. The van der Waals surface area contributed by atoms with Gasteiger partial charge in [-0.3, -0.25) is 29.7 Å². The third-order valence-corrected chi connectivity index (χ3v) is 4.73. The maximum Gasteiger partial charge on any atom is 0.327 e. The van der Waals surface area contributed by atoms with Crippen LogP contribution in [0.4, 0.5) is 11.5 Å². The largest absolute Gasteiger partial charge is 0.344 e. The number of nitrogens with zero attached hydrogens (tertiary/aromatic N) is 1. The second kappa shape index (κ2) is 5.80. The van der Waals surface area contributed by atoms with E-state index in [-0.39, 0.29) is 22.9 Å². The minimum absolute atomic E-state index is 0.0710. The Morgan fingerprint density at radius 3 is 2.46 bits per heavy atom. The van der Waals surface area contributed by atoms with Crippen molar-refractivity contribution in [3.05, 3.63) is 77.6 Å². The molecule has 0 fully saturated rings. The van der Waals surface area contributed by atoms with Gasteiger partial charge in [0.25, 0.3) is 11.2 Å². The highest BCUT2D eigenvalue weighted by molar-refractivity contribution is 6.00. The highest BCUT2D eigenvalue weighted by Crippen LogP contribution is 2.42. The van der Waals surface area contributed by atoms with Crippen LogP contribution in [0.25, 0.3) is 0 Å². The molecule has 4 rings (SSSR count). The molecule has 0 unspecified atom stereocenters. The lowest BCUT2D eigenvalue weighted by Crippen LogP contribution is -2.36. The third-order valence-electron chi connectivity index (χ3n) is 4.73. The molecule has 0 saturated heterocycles. The van der Waals surface area contributed by atoms with Crippen molar-refractivity contribution in [1.82, 2.24) is 9.97 Å². The fourth-order valence-corrected chi connectivity index (χ4v) is 3.62. The molecule has 0 spiro atoms. The number of nitrogens with one attached hydrogen (secondary N) is 3. The Hall–Kier alpha value is -3.49. The van der Waals surface area contributed by atoms with E-state index in [1.165, 1.54) is 24.3 Å². The van der Waals surface area contributed by atoms with E-state index in [1.807, 2.05) is 0 Å². The fraction of sp³-hybridized carbons (Fsp3) is 0.235. The number of aromatic amines is 2. The number of nitro benzene ring substituents is 1. The van der Waals surface area contributed by atoms with Crippen LogP contribution in [-0.4, -0.2) is 20.7 Å². The second-order valence-electron chi connectivity index (χ2n) is 6.27. The summed E-state index contributed by atoms with van der Waals surface area (Å²) in [5, 5.41) is 13.9. The maximum absolute atomic E-state index is 12.6. The number of allylic oxidation sites excluding steroid dienone is 2. The number of non-ortho nitro benzene ring substituents is 1.